The second kappa shape index (κ2) is 7.15. The molecule has 1 aliphatic carbocycles. The van der Waals surface area contributed by atoms with Crippen molar-refractivity contribution < 1.29 is 8.78 Å². The fourth-order valence-electron chi connectivity index (χ4n) is 3.03. The van der Waals surface area contributed by atoms with Crippen molar-refractivity contribution in [3.8, 4) is 11.8 Å². The lowest BCUT2D eigenvalue weighted by atomic mass is 9.84. The molecule has 3 rings (SSSR count). The highest BCUT2D eigenvalue weighted by Crippen LogP contribution is 2.51. The fourth-order valence-corrected chi connectivity index (χ4v) is 5.48. The number of nitrogens with one attached hydrogen (secondary N) is 1. The maximum Gasteiger partial charge on any atom is 0.255 e. The molecule has 128 valence electrons. The predicted octanol–water partition coefficient (Wildman–Crippen LogP) is 6.44. The number of anilines is 1. The summed E-state index contributed by atoms with van der Waals surface area (Å²) in [7, 11) is 0. The highest BCUT2D eigenvalue weighted by atomic mass is 79.9. The molecule has 0 bridgehead atoms. The zero-order valence-electron chi connectivity index (χ0n) is 13.1. The summed E-state index contributed by atoms with van der Waals surface area (Å²) >= 11 is 11.0. The molecule has 1 aliphatic rings. The maximum atomic E-state index is 14.4. The quantitative estimate of drug-likeness (QED) is 0.445. The summed E-state index contributed by atoms with van der Waals surface area (Å²) in [6.45, 7) is 2.23. The molecule has 24 heavy (non-hydrogen) atoms. The lowest BCUT2D eigenvalue weighted by molar-refractivity contribution is -0.0538. The largest absolute Gasteiger partial charge is 0.373 e. The molecular formula is C17H16BrClF2N2S. The van der Waals surface area contributed by atoms with Gasteiger partial charge >= 0.3 is 0 Å². The van der Waals surface area contributed by atoms with Crippen LogP contribution in [0.2, 0.25) is 5.15 Å². The summed E-state index contributed by atoms with van der Waals surface area (Å²) in [5.41, 5.74) is 1.42. The Morgan fingerprint density at radius 2 is 2.29 bits per heavy atom. The van der Waals surface area contributed by atoms with Gasteiger partial charge < -0.3 is 5.32 Å². The molecule has 0 radical (unpaired) electrons. The number of rotatable bonds is 3. The van der Waals surface area contributed by atoms with E-state index in [0.717, 1.165) is 16.8 Å². The Labute approximate surface area is 157 Å². The molecule has 1 atom stereocenters. The SMILES string of the molecule is CC#CCNc1cc(Cl)nc2c(Br)c([C@H]3CCCCC3(F)F)sc12. The van der Waals surface area contributed by atoms with Crippen LogP contribution in [0.15, 0.2) is 10.5 Å². The monoisotopic (exact) mass is 432 g/mol. The van der Waals surface area contributed by atoms with E-state index in [1.165, 1.54) is 11.3 Å². The molecular weight excluding hydrogens is 418 g/mol. The molecule has 0 aromatic carbocycles. The van der Waals surface area contributed by atoms with Crippen LogP contribution in [0.5, 0.6) is 0 Å². The van der Waals surface area contributed by atoms with Crippen molar-refractivity contribution in [3.63, 3.8) is 0 Å². The zero-order valence-corrected chi connectivity index (χ0v) is 16.2. The zero-order chi connectivity index (χ0) is 17.3. The van der Waals surface area contributed by atoms with Crippen molar-refractivity contribution in [2.24, 2.45) is 0 Å². The van der Waals surface area contributed by atoms with Gasteiger partial charge in [0.15, 0.2) is 0 Å². The Morgan fingerprint density at radius 1 is 1.50 bits per heavy atom. The summed E-state index contributed by atoms with van der Waals surface area (Å²) in [5.74, 6) is 2.30. The van der Waals surface area contributed by atoms with Gasteiger partial charge in [-0.25, -0.2) is 13.8 Å². The van der Waals surface area contributed by atoms with Crippen LogP contribution >= 0.6 is 38.9 Å². The van der Waals surface area contributed by atoms with E-state index in [1.54, 1.807) is 13.0 Å². The summed E-state index contributed by atoms with van der Waals surface area (Å²) in [6.07, 6.45) is 1.85. The molecule has 2 heterocycles. The Bertz CT molecular complexity index is 825. The Kier molecular flexibility index (Phi) is 5.33. The standard InChI is InChI=1S/C17H16BrClF2N2S/c1-2-3-8-22-11-9-12(19)23-14-13(18)15(24-16(11)14)10-6-4-5-7-17(10,20)21/h9-10H,4-8H2,1H3,(H,22,23)/t10-/m1/s1. The van der Waals surface area contributed by atoms with E-state index in [1.807, 2.05) is 0 Å². The molecule has 2 aromatic rings. The number of fused-ring (bicyclic) bond motifs is 1. The van der Waals surface area contributed by atoms with E-state index in [9.17, 15) is 8.78 Å². The van der Waals surface area contributed by atoms with Crippen LogP contribution in [0.25, 0.3) is 10.2 Å². The number of thiophene rings is 1. The Balaban J connectivity index is 2.08. The number of hydrogen-bond acceptors (Lipinski definition) is 3. The third kappa shape index (κ3) is 3.40. The van der Waals surface area contributed by atoms with Crippen LogP contribution in [0.3, 0.4) is 0 Å². The average molecular weight is 434 g/mol. The van der Waals surface area contributed by atoms with E-state index >= 15 is 0 Å². The molecule has 0 saturated heterocycles. The van der Waals surface area contributed by atoms with Gasteiger partial charge in [0.2, 0.25) is 0 Å². The van der Waals surface area contributed by atoms with Gasteiger partial charge in [0.25, 0.3) is 5.92 Å². The van der Waals surface area contributed by atoms with Crippen LogP contribution in [-0.4, -0.2) is 17.5 Å². The van der Waals surface area contributed by atoms with Crippen LogP contribution in [0.4, 0.5) is 14.5 Å². The molecule has 1 fully saturated rings. The third-order valence-corrected chi connectivity index (χ3v) is 6.79. The van der Waals surface area contributed by atoms with Crippen LogP contribution in [-0.2, 0) is 0 Å². The van der Waals surface area contributed by atoms with Crippen molar-refractivity contribution in [3.05, 3.63) is 20.6 Å². The highest BCUT2D eigenvalue weighted by molar-refractivity contribution is 9.10. The Morgan fingerprint density at radius 3 is 3.00 bits per heavy atom. The second-order valence-electron chi connectivity index (χ2n) is 5.79. The fraction of sp³-hybridized carbons (Fsp3) is 0.471. The molecule has 7 heteroatoms. The average Bonchev–Trinajstić information content (AvgIpc) is 2.84. The highest BCUT2D eigenvalue weighted by Gasteiger charge is 2.44. The first-order valence-corrected chi connectivity index (χ1v) is 9.72. The maximum absolute atomic E-state index is 14.4. The predicted molar refractivity (Wildman–Crippen MR) is 100 cm³/mol. The number of nitrogens with zero attached hydrogens (tertiary/aromatic N) is 1. The van der Waals surface area contributed by atoms with Crippen molar-refractivity contribution in [1.29, 1.82) is 0 Å². The van der Waals surface area contributed by atoms with Crippen LogP contribution < -0.4 is 5.32 Å². The number of aromatic nitrogens is 1. The van der Waals surface area contributed by atoms with E-state index in [0.29, 0.717) is 39.4 Å². The molecule has 0 unspecified atom stereocenters. The first-order chi connectivity index (χ1) is 11.4. The van der Waals surface area contributed by atoms with Gasteiger partial charge in [-0.1, -0.05) is 23.9 Å². The van der Waals surface area contributed by atoms with E-state index in [4.69, 9.17) is 11.6 Å². The third-order valence-electron chi connectivity index (χ3n) is 4.20. The molecule has 1 saturated carbocycles. The van der Waals surface area contributed by atoms with Gasteiger partial charge in [0.05, 0.1) is 32.8 Å². The lowest BCUT2D eigenvalue weighted by Gasteiger charge is -2.30. The van der Waals surface area contributed by atoms with E-state index in [2.05, 4.69) is 38.1 Å². The van der Waals surface area contributed by atoms with E-state index < -0.39 is 11.8 Å². The minimum absolute atomic E-state index is 0.0519. The van der Waals surface area contributed by atoms with Crippen molar-refractivity contribution in [2.75, 3.05) is 11.9 Å². The molecule has 0 aliphatic heterocycles. The van der Waals surface area contributed by atoms with Crippen molar-refractivity contribution in [2.45, 2.75) is 44.4 Å². The van der Waals surface area contributed by atoms with Crippen molar-refractivity contribution >= 4 is 54.8 Å². The van der Waals surface area contributed by atoms with E-state index in [-0.39, 0.29) is 6.42 Å². The summed E-state index contributed by atoms with van der Waals surface area (Å²) in [5, 5.41) is 3.53. The van der Waals surface area contributed by atoms with Gasteiger partial charge in [0.1, 0.15) is 5.15 Å². The Hall–Kier alpha value is -0.900. The van der Waals surface area contributed by atoms with Gasteiger partial charge in [0, 0.05) is 17.4 Å². The summed E-state index contributed by atoms with van der Waals surface area (Å²) in [6, 6.07) is 1.72. The summed E-state index contributed by atoms with van der Waals surface area (Å²) in [4.78, 5) is 5.00. The molecule has 0 amide bonds. The van der Waals surface area contributed by atoms with Crippen LogP contribution in [0.1, 0.15) is 43.4 Å². The molecule has 2 nitrogen and oxygen atoms in total. The normalized spacial score (nSPS) is 19.8. The van der Waals surface area contributed by atoms with Crippen molar-refractivity contribution in [1.82, 2.24) is 4.98 Å². The molecule has 0 spiro atoms. The smallest absolute Gasteiger partial charge is 0.255 e. The first-order valence-electron chi connectivity index (χ1n) is 7.73. The minimum Gasteiger partial charge on any atom is -0.373 e. The number of pyridine rings is 1. The summed E-state index contributed by atoms with van der Waals surface area (Å²) < 4.78 is 30.3. The minimum atomic E-state index is -2.67. The number of halogens is 4. The van der Waals surface area contributed by atoms with Crippen LogP contribution in [0, 0.1) is 11.8 Å². The molecule has 1 N–H and O–H groups in total. The molecule has 2 aromatic heterocycles. The first kappa shape index (κ1) is 17.9. The van der Waals surface area contributed by atoms with Gasteiger partial charge in [-0.05, 0) is 35.7 Å². The lowest BCUT2D eigenvalue weighted by Crippen LogP contribution is -2.29. The second-order valence-corrected chi connectivity index (χ2v) is 8.02. The number of hydrogen-bond donors (Lipinski definition) is 1. The van der Waals surface area contributed by atoms with Gasteiger partial charge in [-0.2, -0.15) is 0 Å². The van der Waals surface area contributed by atoms with Gasteiger partial charge in [-0.3, -0.25) is 0 Å². The topological polar surface area (TPSA) is 24.9 Å². The number of alkyl halides is 2. The van der Waals surface area contributed by atoms with Gasteiger partial charge in [-0.15, -0.1) is 17.3 Å².